The average molecular weight is 246 g/mol. The molecule has 0 unspecified atom stereocenters. The zero-order valence-corrected chi connectivity index (χ0v) is 10.9. The summed E-state index contributed by atoms with van der Waals surface area (Å²) in [6, 6.07) is 0. The van der Waals surface area contributed by atoms with Gasteiger partial charge in [0.15, 0.2) is 5.78 Å². The molecule has 18 heavy (non-hydrogen) atoms. The van der Waals surface area contributed by atoms with Crippen molar-refractivity contribution in [1.82, 2.24) is 0 Å². The second kappa shape index (κ2) is 4.92. The Morgan fingerprint density at radius 2 is 2.00 bits per heavy atom. The summed E-state index contributed by atoms with van der Waals surface area (Å²) >= 11 is 0. The number of rotatable bonds is 0. The van der Waals surface area contributed by atoms with Gasteiger partial charge in [-0.3, -0.25) is 4.79 Å². The van der Waals surface area contributed by atoms with Crippen molar-refractivity contribution in [3.8, 4) is 0 Å². The lowest BCUT2D eigenvalue weighted by molar-refractivity contribution is -0.139. The third-order valence-corrected chi connectivity index (χ3v) is 3.69. The topological polar surface area (TPSA) is 43.4 Å². The van der Waals surface area contributed by atoms with Gasteiger partial charge in [-0.2, -0.15) is 0 Å². The fourth-order valence-electron chi connectivity index (χ4n) is 2.40. The summed E-state index contributed by atoms with van der Waals surface area (Å²) in [5.41, 5.74) is 2.42. The van der Waals surface area contributed by atoms with E-state index in [1.165, 1.54) is 0 Å². The van der Waals surface area contributed by atoms with Crippen LogP contribution in [0.1, 0.15) is 33.1 Å². The molecule has 0 amide bonds. The Morgan fingerprint density at radius 3 is 2.72 bits per heavy atom. The van der Waals surface area contributed by atoms with Crippen molar-refractivity contribution in [2.24, 2.45) is 5.92 Å². The number of fused-ring (bicyclic) bond motifs is 1. The molecule has 0 saturated carbocycles. The van der Waals surface area contributed by atoms with Crippen molar-refractivity contribution in [2.75, 3.05) is 0 Å². The fraction of sp³-hybridized carbons (Fsp3) is 0.467. The molecule has 1 saturated heterocycles. The minimum atomic E-state index is -0.297. The molecule has 1 aliphatic carbocycles. The number of Topliss-reactive ketones (excluding diaryl/α,β-unsaturated/α-hetero) is 1. The van der Waals surface area contributed by atoms with Crippen LogP contribution in [0.2, 0.25) is 0 Å². The number of ether oxygens (including phenoxy) is 1. The van der Waals surface area contributed by atoms with Crippen LogP contribution in [-0.4, -0.2) is 17.9 Å². The Morgan fingerprint density at radius 1 is 1.28 bits per heavy atom. The number of carbonyl (C=O) groups excluding carboxylic acids is 2. The van der Waals surface area contributed by atoms with Crippen LogP contribution < -0.4 is 0 Å². The van der Waals surface area contributed by atoms with Crippen molar-refractivity contribution < 1.29 is 14.3 Å². The molecule has 1 fully saturated rings. The summed E-state index contributed by atoms with van der Waals surface area (Å²) in [6.45, 7) is 7.63. The smallest absolute Gasteiger partial charge is 0.334 e. The second-order valence-electron chi connectivity index (χ2n) is 5.08. The van der Waals surface area contributed by atoms with Crippen molar-refractivity contribution in [3.05, 3.63) is 35.5 Å². The molecule has 96 valence electrons. The molecule has 1 aliphatic heterocycles. The summed E-state index contributed by atoms with van der Waals surface area (Å²) in [5, 5.41) is 0. The molecule has 0 bridgehead atoms. The Hall–Kier alpha value is -1.64. The third kappa shape index (κ3) is 2.45. The van der Waals surface area contributed by atoms with Gasteiger partial charge in [-0.15, -0.1) is 0 Å². The normalized spacial score (nSPS) is 35.1. The van der Waals surface area contributed by atoms with Crippen molar-refractivity contribution >= 4 is 11.8 Å². The van der Waals surface area contributed by atoms with E-state index in [0.717, 1.165) is 17.6 Å². The molecule has 0 radical (unpaired) electrons. The molecule has 0 spiro atoms. The van der Waals surface area contributed by atoms with E-state index in [1.54, 1.807) is 0 Å². The first-order chi connectivity index (χ1) is 8.49. The molecule has 3 nitrogen and oxygen atoms in total. The fourth-order valence-corrected chi connectivity index (χ4v) is 2.40. The van der Waals surface area contributed by atoms with Crippen LogP contribution in [0.4, 0.5) is 0 Å². The van der Waals surface area contributed by atoms with Crippen LogP contribution in [-0.2, 0) is 14.3 Å². The Kier molecular flexibility index (Phi) is 3.50. The molecule has 2 atom stereocenters. The van der Waals surface area contributed by atoms with Gasteiger partial charge in [0.1, 0.15) is 6.10 Å². The monoisotopic (exact) mass is 246 g/mol. The molecule has 3 heteroatoms. The maximum absolute atomic E-state index is 11.8. The Bertz CT molecular complexity index is 468. The van der Waals surface area contributed by atoms with Crippen LogP contribution in [0.5, 0.6) is 0 Å². The summed E-state index contributed by atoms with van der Waals surface area (Å²) in [4.78, 5) is 23.3. The highest BCUT2D eigenvalue weighted by molar-refractivity contribution is 5.96. The average Bonchev–Trinajstić information content (AvgIpc) is 2.60. The highest BCUT2D eigenvalue weighted by Gasteiger charge is 2.37. The summed E-state index contributed by atoms with van der Waals surface area (Å²) in [5.74, 6) is -0.114. The Balaban J connectivity index is 2.29. The predicted octanol–water partition coefficient (Wildman–Crippen LogP) is 2.73. The first-order valence-electron chi connectivity index (χ1n) is 6.24. The van der Waals surface area contributed by atoms with Gasteiger partial charge in [-0.05, 0) is 25.8 Å². The predicted molar refractivity (Wildman–Crippen MR) is 68.9 cm³/mol. The van der Waals surface area contributed by atoms with E-state index in [4.69, 9.17) is 4.74 Å². The lowest BCUT2D eigenvalue weighted by atomic mass is 9.87. The summed E-state index contributed by atoms with van der Waals surface area (Å²) in [6.07, 6.45) is 5.43. The van der Waals surface area contributed by atoms with Gasteiger partial charge in [-0.1, -0.05) is 24.3 Å². The number of carbonyl (C=O) groups is 2. The highest BCUT2D eigenvalue weighted by atomic mass is 16.6. The molecule has 0 aromatic rings. The molecule has 0 N–H and O–H groups in total. The van der Waals surface area contributed by atoms with E-state index >= 15 is 0 Å². The van der Waals surface area contributed by atoms with E-state index in [9.17, 15) is 9.59 Å². The van der Waals surface area contributed by atoms with Gasteiger partial charge in [-0.25, -0.2) is 4.79 Å². The van der Waals surface area contributed by atoms with E-state index in [0.29, 0.717) is 18.4 Å². The van der Waals surface area contributed by atoms with E-state index < -0.39 is 0 Å². The van der Waals surface area contributed by atoms with Gasteiger partial charge in [0, 0.05) is 24.3 Å². The summed E-state index contributed by atoms with van der Waals surface area (Å²) < 4.78 is 5.32. The summed E-state index contributed by atoms with van der Waals surface area (Å²) in [7, 11) is 0. The second-order valence-corrected chi connectivity index (χ2v) is 5.08. The first-order valence-corrected chi connectivity index (χ1v) is 6.24. The Labute approximate surface area is 107 Å². The molecular formula is C15H18O3. The standard InChI is InChI=1S/C15H18O3/c1-9-4-6-13(16)10(2)5-7-14-12(8-9)11(3)15(17)18-14/h4-5,12,14H,3,6-8H2,1-2H3/b9-4+,10-5+/t12-,14+/m0/s1. The zero-order chi connectivity index (χ0) is 13.3. The van der Waals surface area contributed by atoms with Crippen LogP contribution in [0.25, 0.3) is 0 Å². The van der Waals surface area contributed by atoms with Crippen LogP contribution in [0.3, 0.4) is 0 Å². The van der Waals surface area contributed by atoms with Crippen molar-refractivity contribution in [2.45, 2.75) is 39.2 Å². The van der Waals surface area contributed by atoms with E-state index in [-0.39, 0.29) is 23.8 Å². The van der Waals surface area contributed by atoms with E-state index in [1.807, 2.05) is 26.0 Å². The highest BCUT2D eigenvalue weighted by Crippen LogP contribution is 2.34. The van der Waals surface area contributed by atoms with E-state index in [2.05, 4.69) is 6.58 Å². The lowest BCUT2D eigenvalue weighted by Crippen LogP contribution is -2.17. The van der Waals surface area contributed by atoms with Crippen molar-refractivity contribution in [1.29, 1.82) is 0 Å². The SMILES string of the molecule is C=C1C(=O)O[C@@H]2C/C=C(\C)C(=O)C/C=C(\C)C[C@@H]12. The maximum Gasteiger partial charge on any atom is 0.334 e. The molecule has 0 aromatic carbocycles. The van der Waals surface area contributed by atoms with Crippen LogP contribution in [0, 0.1) is 5.92 Å². The number of ketones is 1. The van der Waals surface area contributed by atoms with Gasteiger partial charge in [0.05, 0.1) is 0 Å². The molecule has 2 aliphatic rings. The van der Waals surface area contributed by atoms with Gasteiger partial charge < -0.3 is 4.74 Å². The zero-order valence-electron chi connectivity index (χ0n) is 10.9. The maximum atomic E-state index is 11.8. The minimum Gasteiger partial charge on any atom is -0.458 e. The largest absolute Gasteiger partial charge is 0.458 e. The van der Waals surface area contributed by atoms with Crippen LogP contribution >= 0.6 is 0 Å². The van der Waals surface area contributed by atoms with Gasteiger partial charge in [0.25, 0.3) is 0 Å². The number of hydrogen-bond acceptors (Lipinski definition) is 3. The number of allylic oxidation sites excluding steroid dienone is 3. The van der Waals surface area contributed by atoms with Gasteiger partial charge >= 0.3 is 5.97 Å². The molecule has 2 rings (SSSR count). The van der Waals surface area contributed by atoms with Crippen molar-refractivity contribution in [3.63, 3.8) is 0 Å². The quantitative estimate of drug-likeness (QED) is 0.375. The molecule has 1 heterocycles. The molecule has 0 aromatic heterocycles. The lowest BCUT2D eigenvalue weighted by Gasteiger charge is -2.18. The van der Waals surface area contributed by atoms with Crippen LogP contribution in [0.15, 0.2) is 35.5 Å². The molecular weight excluding hydrogens is 228 g/mol. The van der Waals surface area contributed by atoms with Gasteiger partial charge in [0.2, 0.25) is 0 Å². The number of hydrogen-bond donors (Lipinski definition) is 0. The number of esters is 1. The minimum absolute atomic E-state index is 0.0472. The third-order valence-electron chi connectivity index (χ3n) is 3.69. The first kappa shape index (κ1) is 12.8.